The number of esters is 1. The fraction of sp³-hybridized carbons (Fsp3) is 0.900. The zero-order valence-corrected chi connectivity index (χ0v) is 9.15. The van der Waals surface area contributed by atoms with Crippen molar-refractivity contribution in [2.75, 3.05) is 40.0 Å². The minimum absolute atomic E-state index is 0.0718. The molecule has 0 spiro atoms. The molecule has 5 heteroatoms. The summed E-state index contributed by atoms with van der Waals surface area (Å²) in [6.07, 6.45) is 2.06. The summed E-state index contributed by atoms with van der Waals surface area (Å²) in [5.74, 6) is -0.190. The van der Waals surface area contributed by atoms with Crippen molar-refractivity contribution in [2.45, 2.75) is 18.9 Å². The SMILES string of the molecule is COC(=O)CN1CCC(OCCO)CC1. The maximum absolute atomic E-state index is 11.0. The van der Waals surface area contributed by atoms with Crippen LogP contribution in [0, 0.1) is 0 Å². The van der Waals surface area contributed by atoms with E-state index in [-0.39, 0.29) is 18.7 Å². The van der Waals surface area contributed by atoms with Gasteiger partial charge in [-0.15, -0.1) is 0 Å². The van der Waals surface area contributed by atoms with Crippen molar-refractivity contribution in [1.29, 1.82) is 0 Å². The number of carbonyl (C=O) groups excluding carboxylic acids is 1. The van der Waals surface area contributed by atoms with Crippen molar-refractivity contribution in [3.8, 4) is 0 Å². The van der Waals surface area contributed by atoms with E-state index in [4.69, 9.17) is 9.84 Å². The van der Waals surface area contributed by atoms with Crippen molar-refractivity contribution >= 4 is 5.97 Å². The van der Waals surface area contributed by atoms with Crippen molar-refractivity contribution in [3.63, 3.8) is 0 Å². The van der Waals surface area contributed by atoms with Gasteiger partial charge in [0.25, 0.3) is 0 Å². The number of hydrogen-bond donors (Lipinski definition) is 1. The van der Waals surface area contributed by atoms with Gasteiger partial charge in [-0.1, -0.05) is 0 Å². The molecule has 0 aliphatic carbocycles. The Bertz CT molecular complexity index is 190. The van der Waals surface area contributed by atoms with Crippen molar-refractivity contribution in [3.05, 3.63) is 0 Å². The van der Waals surface area contributed by atoms with Gasteiger partial charge in [-0.3, -0.25) is 9.69 Å². The topological polar surface area (TPSA) is 59.0 Å². The first-order chi connectivity index (χ1) is 7.26. The fourth-order valence-electron chi connectivity index (χ4n) is 1.70. The number of nitrogens with zero attached hydrogens (tertiary/aromatic N) is 1. The normalized spacial score (nSPS) is 19.1. The molecular weight excluding hydrogens is 198 g/mol. The fourth-order valence-corrected chi connectivity index (χ4v) is 1.70. The highest BCUT2D eigenvalue weighted by Crippen LogP contribution is 2.13. The second kappa shape index (κ2) is 6.76. The third-order valence-corrected chi connectivity index (χ3v) is 2.56. The smallest absolute Gasteiger partial charge is 0.319 e. The molecule has 15 heavy (non-hydrogen) atoms. The summed E-state index contributed by atoms with van der Waals surface area (Å²) in [7, 11) is 1.40. The first kappa shape index (κ1) is 12.4. The molecule has 88 valence electrons. The van der Waals surface area contributed by atoms with Gasteiger partial charge in [-0.25, -0.2) is 0 Å². The summed E-state index contributed by atoms with van der Waals surface area (Å²) < 4.78 is 10.0. The minimum Gasteiger partial charge on any atom is -0.468 e. The van der Waals surface area contributed by atoms with E-state index < -0.39 is 0 Å². The molecule has 0 radical (unpaired) electrons. The van der Waals surface area contributed by atoms with Gasteiger partial charge in [0.1, 0.15) is 0 Å². The molecule has 1 aliphatic rings. The van der Waals surface area contributed by atoms with Gasteiger partial charge in [0.05, 0.1) is 33.0 Å². The molecule has 0 aromatic rings. The first-order valence-electron chi connectivity index (χ1n) is 5.28. The lowest BCUT2D eigenvalue weighted by Crippen LogP contribution is -2.40. The number of carbonyl (C=O) groups is 1. The number of aliphatic hydroxyl groups excluding tert-OH is 1. The van der Waals surface area contributed by atoms with Crippen LogP contribution in [0.1, 0.15) is 12.8 Å². The van der Waals surface area contributed by atoms with Gasteiger partial charge in [0.2, 0.25) is 0 Å². The molecule has 5 nitrogen and oxygen atoms in total. The standard InChI is InChI=1S/C10H19NO4/c1-14-10(13)8-11-4-2-9(3-5-11)15-7-6-12/h9,12H,2-8H2,1H3. The number of likely N-dealkylation sites (tertiary alicyclic amines) is 1. The third kappa shape index (κ3) is 4.59. The van der Waals surface area contributed by atoms with Gasteiger partial charge in [-0.05, 0) is 12.8 Å². The van der Waals surface area contributed by atoms with Gasteiger partial charge in [0, 0.05) is 13.1 Å². The Labute approximate surface area is 90.0 Å². The second-order valence-corrected chi connectivity index (χ2v) is 3.65. The second-order valence-electron chi connectivity index (χ2n) is 3.65. The highest BCUT2D eigenvalue weighted by molar-refractivity contribution is 5.71. The number of rotatable bonds is 5. The lowest BCUT2D eigenvalue weighted by Gasteiger charge is -2.30. The van der Waals surface area contributed by atoms with Gasteiger partial charge in [0.15, 0.2) is 0 Å². The number of aliphatic hydroxyl groups is 1. The van der Waals surface area contributed by atoms with Crippen LogP contribution in [0.15, 0.2) is 0 Å². The Morgan fingerprint density at radius 3 is 2.67 bits per heavy atom. The van der Waals surface area contributed by atoms with Gasteiger partial charge in [-0.2, -0.15) is 0 Å². The molecule has 0 atom stereocenters. The molecule has 0 unspecified atom stereocenters. The predicted molar refractivity (Wildman–Crippen MR) is 54.5 cm³/mol. The largest absolute Gasteiger partial charge is 0.468 e. The maximum Gasteiger partial charge on any atom is 0.319 e. The van der Waals surface area contributed by atoms with Crippen molar-refractivity contribution < 1.29 is 19.4 Å². The van der Waals surface area contributed by atoms with Crippen molar-refractivity contribution in [2.24, 2.45) is 0 Å². The van der Waals surface area contributed by atoms with Crippen LogP contribution in [0.2, 0.25) is 0 Å². The van der Waals surface area contributed by atoms with E-state index in [1.165, 1.54) is 7.11 Å². The van der Waals surface area contributed by atoms with Crippen LogP contribution >= 0.6 is 0 Å². The molecular formula is C10H19NO4. The average molecular weight is 217 g/mol. The average Bonchev–Trinajstić information content (AvgIpc) is 2.28. The maximum atomic E-state index is 11.0. The Hall–Kier alpha value is -0.650. The van der Waals surface area contributed by atoms with E-state index in [9.17, 15) is 4.79 Å². The molecule has 1 heterocycles. The molecule has 0 aromatic heterocycles. The van der Waals surface area contributed by atoms with Crippen LogP contribution in [0.25, 0.3) is 0 Å². The highest BCUT2D eigenvalue weighted by atomic mass is 16.5. The first-order valence-corrected chi connectivity index (χ1v) is 5.28. The van der Waals surface area contributed by atoms with E-state index in [0.717, 1.165) is 25.9 Å². The molecule has 1 fully saturated rings. The van der Waals surface area contributed by atoms with Crippen LogP contribution in [0.4, 0.5) is 0 Å². The molecule has 0 aromatic carbocycles. The summed E-state index contributed by atoms with van der Waals surface area (Å²) >= 11 is 0. The van der Waals surface area contributed by atoms with Crippen LogP contribution in [0.5, 0.6) is 0 Å². The van der Waals surface area contributed by atoms with E-state index in [2.05, 4.69) is 9.64 Å². The van der Waals surface area contributed by atoms with Crippen LogP contribution in [-0.2, 0) is 14.3 Å². The molecule has 1 saturated heterocycles. The molecule has 1 aliphatic heterocycles. The Balaban J connectivity index is 2.15. The Morgan fingerprint density at radius 1 is 1.47 bits per heavy atom. The van der Waals surface area contributed by atoms with E-state index >= 15 is 0 Å². The van der Waals surface area contributed by atoms with Crippen molar-refractivity contribution in [1.82, 2.24) is 4.90 Å². The van der Waals surface area contributed by atoms with Gasteiger partial charge >= 0.3 is 5.97 Å². The summed E-state index contributed by atoms with van der Waals surface area (Å²) in [4.78, 5) is 13.1. The quantitative estimate of drug-likeness (QED) is 0.637. The highest BCUT2D eigenvalue weighted by Gasteiger charge is 2.21. The minimum atomic E-state index is -0.190. The lowest BCUT2D eigenvalue weighted by atomic mass is 10.1. The predicted octanol–water partition coefficient (Wildman–Crippen LogP) is -0.367. The van der Waals surface area contributed by atoms with E-state index in [0.29, 0.717) is 13.2 Å². The number of piperidine rings is 1. The monoisotopic (exact) mass is 217 g/mol. The van der Waals surface area contributed by atoms with Crippen LogP contribution in [-0.4, -0.2) is 62.0 Å². The molecule has 1 rings (SSSR count). The Morgan fingerprint density at radius 2 is 2.13 bits per heavy atom. The zero-order valence-electron chi connectivity index (χ0n) is 9.15. The summed E-state index contributed by atoms with van der Waals surface area (Å²) in [5, 5.41) is 8.60. The summed E-state index contributed by atoms with van der Waals surface area (Å²) in [6.45, 7) is 2.55. The summed E-state index contributed by atoms with van der Waals surface area (Å²) in [6, 6.07) is 0. The van der Waals surface area contributed by atoms with Crippen LogP contribution in [0.3, 0.4) is 0 Å². The molecule has 0 saturated carbocycles. The van der Waals surface area contributed by atoms with Gasteiger partial charge < -0.3 is 14.6 Å². The van der Waals surface area contributed by atoms with Crippen LogP contribution < -0.4 is 0 Å². The van der Waals surface area contributed by atoms with E-state index in [1.54, 1.807) is 0 Å². The number of hydrogen-bond acceptors (Lipinski definition) is 5. The molecule has 0 amide bonds. The Kier molecular flexibility index (Phi) is 5.60. The zero-order chi connectivity index (χ0) is 11.1. The summed E-state index contributed by atoms with van der Waals surface area (Å²) in [5.41, 5.74) is 0. The molecule has 0 bridgehead atoms. The molecule has 1 N–H and O–H groups in total. The number of ether oxygens (including phenoxy) is 2. The number of methoxy groups -OCH3 is 1. The van der Waals surface area contributed by atoms with E-state index in [1.807, 2.05) is 0 Å². The lowest BCUT2D eigenvalue weighted by molar-refractivity contribution is -0.142. The third-order valence-electron chi connectivity index (χ3n) is 2.56.